The highest BCUT2D eigenvalue weighted by molar-refractivity contribution is 7.14. The Labute approximate surface area is 122 Å². The first-order valence-electron chi connectivity index (χ1n) is 6.85. The number of benzene rings is 1. The van der Waals surface area contributed by atoms with E-state index in [4.69, 9.17) is 5.11 Å². The first-order valence-corrected chi connectivity index (χ1v) is 7.66. The molecule has 0 bridgehead atoms. The van der Waals surface area contributed by atoms with Crippen molar-refractivity contribution in [1.29, 1.82) is 0 Å². The van der Waals surface area contributed by atoms with Crippen LogP contribution in [0.3, 0.4) is 0 Å². The van der Waals surface area contributed by atoms with Crippen LogP contribution in [0.4, 0.5) is 0 Å². The molecular formula is C16H17NO2S. The van der Waals surface area contributed by atoms with E-state index in [2.05, 4.69) is 5.32 Å². The minimum absolute atomic E-state index is 0.00985. The van der Waals surface area contributed by atoms with E-state index in [1.807, 2.05) is 30.3 Å². The van der Waals surface area contributed by atoms with E-state index >= 15 is 0 Å². The van der Waals surface area contributed by atoms with Gasteiger partial charge in [0.05, 0.1) is 11.5 Å². The number of aliphatic hydroxyl groups is 1. The van der Waals surface area contributed by atoms with Gasteiger partial charge in [-0.25, -0.2) is 0 Å². The van der Waals surface area contributed by atoms with E-state index in [9.17, 15) is 4.79 Å². The maximum atomic E-state index is 12.1. The summed E-state index contributed by atoms with van der Waals surface area (Å²) in [5, 5.41) is 11.9. The lowest BCUT2D eigenvalue weighted by Gasteiger charge is -2.05. The van der Waals surface area contributed by atoms with Gasteiger partial charge < -0.3 is 10.4 Å². The van der Waals surface area contributed by atoms with Crippen LogP contribution in [0.25, 0.3) is 0 Å². The minimum atomic E-state index is 0.00985. The number of aliphatic hydroxyl groups excluding tert-OH is 1. The third-order valence-electron chi connectivity index (χ3n) is 3.63. The van der Waals surface area contributed by atoms with Gasteiger partial charge in [0, 0.05) is 11.4 Å². The second-order valence-electron chi connectivity index (χ2n) is 5.07. The first-order chi connectivity index (χ1) is 9.76. The molecule has 0 aliphatic heterocycles. The molecule has 20 heavy (non-hydrogen) atoms. The van der Waals surface area contributed by atoms with E-state index in [1.54, 1.807) is 11.3 Å². The minimum Gasteiger partial charge on any atom is -0.392 e. The Hall–Kier alpha value is -1.65. The molecule has 0 fully saturated rings. The van der Waals surface area contributed by atoms with Crippen LogP contribution in [-0.2, 0) is 26.0 Å². The summed E-state index contributed by atoms with van der Waals surface area (Å²) < 4.78 is 0. The molecule has 0 saturated heterocycles. The summed E-state index contributed by atoms with van der Waals surface area (Å²) in [5.74, 6) is 0.00985. The SMILES string of the molecule is O=C(NCc1ccc(CO)cc1)c1cc2c(s1)CCC2. The number of thiophene rings is 1. The van der Waals surface area contributed by atoms with Gasteiger partial charge in [-0.2, -0.15) is 0 Å². The Bertz CT molecular complexity index is 594. The topological polar surface area (TPSA) is 49.3 Å². The molecule has 0 atom stereocenters. The van der Waals surface area contributed by atoms with Gasteiger partial charge in [-0.15, -0.1) is 11.3 Å². The third-order valence-corrected chi connectivity index (χ3v) is 4.86. The van der Waals surface area contributed by atoms with Crippen LogP contribution in [0, 0.1) is 0 Å². The molecule has 4 heteroatoms. The highest BCUT2D eigenvalue weighted by Crippen LogP contribution is 2.30. The van der Waals surface area contributed by atoms with Crippen LogP contribution in [0.1, 0.15) is 37.7 Å². The number of fused-ring (bicyclic) bond motifs is 1. The van der Waals surface area contributed by atoms with Crippen LogP contribution in [0.2, 0.25) is 0 Å². The molecule has 104 valence electrons. The normalized spacial score (nSPS) is 13.2. The average Bonchev–Trinajstić information content (AvgIpc) is 3.06. The van der Waals surface area contributed by atoms with Crippen LogP contribution in [0.15, 0.2) is 30.3 Å². The quantitative estimate of drug-likeness (QED) is 0.908. The van der Waals surface area contributed by atoms with E-state index < -0.39 is 0 Å². The molecule has 2 N–H and O–H groups in total. The van der Waals surface area contributed by atoms with Crippen LogP contribution < -0.4 is 5.32 Å². The lowest BCUT2D eigenvalue weighted by Crippen LogP contribution is -2.21. The molecule has 3 rings (SSSR count). The van der Waals surface area contributed by atoms with Gasteiger partial charge in [0.15, 0.2) is 0 Å². The zero-order chi connectivity index (χ0) is 13.9. The number of nitrogens with one attached hydrogen (secondary N) is 1. The second-order valence-corrected chi connectivity index (χ2v) is 6.21. The molecule has 2 aromatic rings. The van der Waals surface area contributed by atoms with Gasteiger partial charge in [0.1, 0.15) is 0 Å². The fourth-order valence-electron chi connectivity index (χ4n) is 2.47. The number of carbonyl (C=O) groups excluding carboxylic acids is 1. The maximum Gasteiger partial charge on any atom is 0.261 e. The van der Waals surface area contributed by atoms with Crippen molar-refractivity contribution < 1.29 is 9.90 Å². The highest BCUT2D eigenvalue weighted by Gasteiger charge is 2.18. The van der Waals surface area contributed by atoms with Gasteiger partial charge >= 0.3 is 0 Å². The number of carbonyl (C=O) groups is 1. The Morgan fingerprint density at radius 2 is 1.95 bits per heavy atom. The summed E-state index contributed by atoms with van der Waals surface area (Å²) in [5.41, 5.74) is 3.28. The third kappa shape index (κ3) is 2.76. The summed E-state index contributed by atoms with van der Waals surface area (Å²) in [7, 11) is 0. The van der Waals surface area contributed by atoms with Crippen molar-refractivity contribution in [2.75, 3.05) is 0 Å². The number of amides is 1. The lowest BCUT2D eigenvalue weighted by atomic mass is 10.1. The van der Waals surface area contributed by atoms with Gasteiger partial charge in [0.2, 0.25) is 0 Å². The molecule has 1 aromatic heterocycles. The maximum absolute atomic E-state index is 12.1. The Morgan fingerprint density at radius 3 is 2.65 bits per heavy atom. The molecule has 1 aliphatic rings. The Balaban J connectivity index is 1.60. The zero-order valence-electron chi connectivity index (χ0n) is 11.2. The van der Waals surface area contributed by atoms with Gasteiger partial charge in [0.25, 0.3) is 5.91 Å². The Morgan fingerprint density at radius 1 is 1.20 bits per heavy atom. The zero-order valence-corrected chi connectivity index (χ0v) is 12.0. The van der Waals surface area contributed by atoms with Crippen molar-refractivity contribution in [2.45, 2.75) is 32.4 Å². The molecule has 3 nitrogen and oxygen atoms in total. The number of hydrogen-bond donors (Lipinski definition) is 2. The van der Waals surface area contributed by atoms with Crippen molar-refractivity contribution in [3.05, 3.63) is 56.8 Å². The van der Waals surface area contributed by atoms with Crippen molar-refractivity contribution in [3.8, 4) is 0 Å². The Kier molecular flexibility index (Phi) is 3.85. The summed E-state index contributed by atoms with van der Waals surface area (Å²) in [6, 6.07) is 9.65. The smallest absolute Gasteiger partial charge is 0.261 e. The van der Waals surface area contributed by atoms with Crippen LogP contribution in [0.5, 0.6) is 0 Å². The summed E-state index contributed by atoms with van der Waals surface area (Å²) in [6.45, 7) is 0.570. The van der Waals surface area contributed by atoms with E-state index in [0.717, 1.165) is 28.8 Å². The van der Waals surface area contributed by atoms with Crippen LogP contribution >= 0.6 is 11.3 Å². The monoisotopic (exact) mass is 287 g/mol. The predicted molar refractivity (Wildman–Crippen MR) is 79.9 cm³/mol. The summed E-state index contributed by atoms with van der Waals surface area (Å²) in [4.78, 5) is 14.3. The van der Waals surface area contributed by atoms with Gasteiger partial charge in [-0.1, -0.05) is 24.3 Å². The van der Waals surface area contributed by atoms with E-state index in [-0.39, 0.29) is 12.5 Å². The number of aryl methyl sites for hydroxylation is 2. The summed E-state index contributed by atoms with van der Waals surface area (Å²) in [6.07, 6.45) is 3.46. The largest absolute Gasteiger partial charge is 0.392 e. The molecule has 1 aliphatic carbocycles. The first kappa shape index (κ1) is 13.3. The fourth-order valence-corrected chi connectivity index (χ4v) is 3.64. The van der Waals surface area contributed by atoms with Crippen LogP contribution in [-0.4, -0.2) is 11.0 Å². The summed E-state index contributed by atoms with van der Waals surface area (Å²) >= 11 is 1.63. The molecule has 1 aromatic carbocycles. The molecule has 1 amide bonds. The van der Waals surface area contributed by atoms with Crippen molar-refractivity contribution >= 4 is 17.2 Å². The molecule has 0 unspecified atom stereocenters. The van der Waals surface area contributed by atoms with E-state index in [0.29, 0.717) is 6.54 Å². The van der Waals surface area contributed by atoms with Crippen molar-refractivity contribution in [3.63, 3.8) is 0 Å². The standard InChI is InChI=1S/C16H17NO2S/c18-10-12-6-4-11(5-7-12)9-17-16(19)15-8-13-2-1-3-14(13)20-15/h4-8,18H,1-3,9-10H2,(H,17,19). The van der Waals surface area contributed by atoms with E-state index in [1.165, 1.54) is 16.9 Å². The fraction of sp³-hybridized carbons (Fsp3) is 0.312. The predicted octanol–water partition coefficient (Wildman–Crippen LogP) is 2.66. The van der Waals surface area contributed by atoms with Gasteiger partial charge in [-0.05, 0) is 42.0 Å². The molecule has 0 radical (unpaired) electrons. The molecular weight excluding hydrogens is 270 g/mol. The molecule has 0 spiro atoms. The number of hydrogen-bond acceptors (Lipinski definition) is 3. The average molecular weight is 287 g/mol. The molecule has 0 saturated carbocycles. The van der Waals surface area contributed by atoms with Crippen molar-refractivity contribution in [2.24, 2.45) is 0 Å². The lowest BCUT2D eigenvalue weighted by molar-refractivity contribution is 0.0955. The second kappa shape index (κ2) is 5.77. The highest BCUT2D eigenvalue weighted by atomic mass is 32.1. The number of rotatable bonds is 4. The van der Waals surface area contributed by atoms with Gasteiger partial charge in [-0.3, -0.25) is 4.79 Å². The molecule has 1 heterocycles. The van der Waals surface area contributed by atoms with Crippen molar-refractivity contribution in [1.82, 2.24) is 5.32 Å².